The molecule has 0 saturated carbocycles. The average Bonchev–Trinajstić information content (AvgIpc) is 2.38. The molecule has 0 aliphatic rings. The minimum atomic E-state index is -0.958. The maximum absolute atomic E-state index is 11.5. The summed E-state index contributed by atoms with van der Waals surface area (Å²) in [5, 5.41) is 11.0. The number of anilines is 1. The molecule has 0 aliphatic carbocycles. The number of carbonyl (C=O) groups excluding carboxylic acids is 2. The van der Waals surface area contributed by atoms with Gasteiger partial charge in [0, 0.05) is 5.69 Å². The third-order valence-corrected chi connectivity index (χ3v) is 2.97. The molecule has 2 N–H and O–H groups in total. The van der Waals surface area contributed by atoms with Crippen molar-refractivity contribution in [2.45, 2.75) is 0 Å². The van der Waals surface area contributed by atoms with Crippen LogP contribution >= 0.6 is 11.8 Å². The van der Waals surface area contributed by atoms with E-state index in [-0.39, 0.29) is 17.4 Å². The molecule has 0 heterocycles. The van der Waals surface area contributed by atoms with E-state index >= 15 is 0 Å². The first-order valence-corrected chi connectivity index (χ1v) is 6.46. The number of nitrogens with one attached hydrogen (secondary N) is 1. The molecule has 102 valence electrons. The van der Waals surface area contributed by atoms with Gasteiger partial charge >= 0.3 is 11.9 Å². The molecule has 0 aromatic heterocycles. The Hall–Kier alpha value is -2.02. The number of carbonyl (C=O) groups is 3. The van der Waals surface area contributed by atoms with Crippen LogP contribution in [0.5, 0.6) is 0 Å². The monoisotopic (exact) mass is 283 g/mol. The van der Waals surface area contributed by atoms with Crippen LogP contribution in [0, 0.1) is 0 Å². The predicted octanol–water partition coefficient (Wildman–Crippen LogP) is 1.23. The summed E-state index contributed by atoms with van der Waals surface area (Å²) in [4.78, 5) is 32.9. The molecule has 0 aliphatic heterocycles. The van der Waals surface area contributed by atoms with E-state index < -0.39 is 11.9 Å². The maximum Gasteiger partial charge on any atom is 0.337 e. The number of amides is 1. The molecule has 0 radical (unpaired) electrons. The van der Waals surface area contributed by atoms with Gasteiger partial charge < -0.3 is 15.2 Å². The maximum atomic E-state index is 11.5. The Morgan fingerprint density at radius 3 is 2.37 bits per heavy atom. The lowest BCUT2D eigenvalue weighted by atomic mass is 10.2. The van der Waals surface area contributed by atoms with E-state index in [9.17, 15) is 14.4 Å². The van der Waals surface area contributed by atoms with Crippen molar-refractivity contribution in [1.29, 1.82) is 0 Å². The second-order valence-corrected chi connectivity index (χ2v) is 4.49. The minimum Gasteiger partial charge on any atom is -0.481 e. The van der Waals surface area contributed by atoms with E-state index in [4.69, 9.17) is 5.11 Å². The van der Waals surface area contributed by atoms with Gasteiger partial charge in [0.25, 0.3) is 0 Å². The molecule has 1 amide bonds. The second kappa shape index (κ2) is 7.42. The van der Waals surface area contributed by atoms with Crippen LogP contribution in [0.1, 0.15) is 10.4 Å². The summed E-state index contributed by atoms with van der Waals surface area (Å²) in [7, 11) is 1.29. The van der Waals surface area contributed by atoms with Gasteiger partial charge in [-0.1, -0.05) is 0 Å². The molecule has 0 bridgehead atoms. The van der Waals surface area contributed by atoms with E-state index in [1.807, 2.05) is 0 Å². The third-order valence-electron chi connectivity index (χ3n) is 2.05. The topological polar surface area (TPSA) is 92.7 Å². The van der Waals surface area contributed by atoms with Crippen molar-refractivity contribution in [2.24, 2.45) is 0 Å². The van der Waals surface area contributed by atoms with Gasteiger partial charge in [0.15, 0.2) is 0 Å². The summed E-state index contributed by atoms with van der Waals surface area (Å²) >= 11 is 1.01. The number of carboxylic acid groups (broad SMARTS) is 1. The second-order valence-electron chi connectivity index (χ2n) is 3.50. The first kappa shape index (κ1) is 15.0. The van der Waals surface area contributed by atoms with Crippen molar-refractivity contribution >= 4 is 35.3 Å². The molecule has 19 heavy (non-hydrogen) atoms. The number of methoxy groups -OCH3 is 1. The van der Waals surface area contributed by atoms with Gasteiger partial charge in [0.05, 0.1) is 24.2 Å². The molecule has 7 heteroatoms. The molecular formula is C12H13NO5S. The van der Waals surface area contributed by atoms with Crippen molar-refractivity contribution in [3.8, 4) is 0 Å². The number of thioether (sulfide) groups is 1. The number of benzene rings is 1. The van der Waals surface area contributed by atoms with Crippen LogP contribution in [0.25, 0.3) is 0 Å². The van der Waals surface area contributed by atoms with Gasteiger partial charge in [-0.2, -0.15) is 0 Å². The van der Waals surface area contributed by atoms with Gasteiger partial charge in [-0.3, -0.25) is 9.59 Å². The number of hydrogen-bond acceptors (Lipinski definition) is 5. The van der Waals surface area contributed by atoms with E-state index in [1.54, 1.807) is 12.1 Å². The van der Waals surface area contributed by atoms with Crippen LogP contribution < -0.4 is 5.32 Å². The van der Waals surface area contributed by atoms with Crippen LogP contribution in [0.15, 0.2) is 24.3 Å². The Labute approximate surface area is 114 Å². The normalized spacial score (nSPS) is 9.74. The van der Waals surface area contributed by atoms with Gasteiger partial charge in [-0.15, -0.1) is 11.8 Å². The summed E-state index contributed by atoms with van der Waals surface area (Å²) in [6.07, 6.45) is 0. The van der Waals surface area contributed by atoms with Crippen LogP contribution in [0.3, 0.4) is 0 Å². The zero-order valence-electron chi connectivity index (χ0n) is 10.2. The fraction of sp³-hybridized carbons (Fsp3) is 0.250. The Balaban J connectivity index is 2.46. The quantitative estimate of drug-likeness (QED) is 0.763. The van der Waals surface area contributed by atoms with Crippen molar-refractivity contribution in [1.82, 2.24) is 0 Å². The van der Waals surface area contributed by atoms with E-state index in [0.29, 0.717) is 11.3 Å². The highest BCUT2D eigenvalue weighted by atomic mass is 32.2. The zero-order valence-corrected chi connectivity index (χ0v) is 11.0. The molecular weight excluding hydrogens is 270 g/mol. The molecule has 1 rings (SSSR count). The summed E-state index contributed by atoms with van der Waals surface area (Å²) in [5.74, 6) is -1.76. The molecule has 0 unspecified atom stereocenters. The van der Waals surface area contributed by atoms with Crippen LogP contribution in [0.4, 0.5) is 5.69 Å². The smallest absolute Gasteiger partial charge is 0.337 e. The Morgan fingerprint density at radius 1 is 1.21 bits per heavy atom. The first-order valence-electron chi connectivity index (χ1n) is 5.30. The van der Waals surface area contributed by atoms with Crippen molar-refractivity contribution in [2.75, 3.05) is 23.9 Å². The number of carboxylic acids is 1. The largest absolute Gasteiger partial charge is 0.481 e. The Kier molecular flexibility index (Phi) is 5.87. The lowest BCUT2D eigenvalue weighted by molar-refractivity contribution is -0.133. The number of rotatable bonds is 6. The predicted molar refractivity (Wildman–Crippen MR) is 71.4 cm³/mol. The lowest BCUT2D eigenvalue weighted by Gasteiger charge is -2.05. The standard InChI is InChI=1S/C12H13NO5S/c1-18-12(17)8-2-4-9(5-3-8)13-10(14)6-19-7-11(15)16/h2-5H,6-7H2,1H3,(H,13,14)(H,15,16). The number of aliphatic carboxylic acids is 1. The van der Waals surface area contributed by atoms with Gasteiger partial charge in [0.2, 0.25) is 5.91 Å². The van der Waals surface area contributed by atoms with Crippen molar-refractivity contribution < 1.29 is 24.2 Å². The third kappa shape index (κ3) is 5.43. The molecule has 0 spiro atoms. The molecule has 6 nitrogen and oxygen atoms in total. The number of hydrogen-bond donors (Lipinski definition) is 2. The summed E-state index contributed by atoms with van der Waals surface area (Å²) in [5.41, 5.74) is 0.925. The lowest BCUT2D eigenvalue weighted by Crippen LogP contribution is -2.15. The van der Waals surface area contributed by atoms with E-state index in [2.05, 4.69) is 10.1 Å². The van der Waals surface area contributed by atoms with Gasteiger partial charge in [-0.25, -0.2) is 4.79 Å². The minimum absolute atomic E-state index is 0.0606. The highest BCUT2D eigenvalue weighted by Crippen LogP contribution is 2.11. The molecule has 1 aromatic rings. The highest BCUT2D eigenvalue weighted by molar-refractivity contribution is 8.00. The number of ether oxygens (including phenoxy) is 1. The fourth-order valence-corrected chi connectivity index (χ4v) is 1.77. The first-order chi connectivity index (χ1) is 9.02. The van der Waals surface area contributed by atoms with Crippen LogP contribution in [-0.4, -0.2) is 41.6 Å². The summed E-state index contributed by atoms with van der Waals surface area (Å²) in [6, 6.07) is 6.22. The van der Waals surface area contributed by atoms with Crippen molar-refractivity contribution in [3.05, 3.63) is 29.8 Å². The number of esters is 1. The van der Waals surface area contributed by atoms with Crippen LogP contribution in [0.2, 0.25) is 0 Å². The Morgan fingerprint density at radius 2 is 1.84 bits per heavy atom. The molecule has 0 fully saturated rings. The van der Waals surface area contributed by atoms with E-state index in [0.717, 1.165) is 11.8 Å². The Bertz CT molecular complexity index is 472. The van der Waals surface area contributed by atoms with Gasteiger partial charge in [0.1, 0.15) is 0 Å². The van der Waals surface area contributed by atoms with Gasteiger partial charge in [-0.05, 0) is 24.3 Å². The summed E-state index contributed by atoms with van der Waals surface area (Å²) < 4.78 is 4.55. The summed E-state index contributed by atoms with van der Waals surface area (Å²) in [6.45, 7) is 0. The average molecular weight is 283 g/mol. The molecule has 1 aromatic carbocycles. The zero-order chi connectivity index (χ0) is 14.3. The highest BCUT2D eigenvalue weighted by Gasteiger charge is 2.07. The molecule has 0 saturated heterocycles. The molecule has 0 atom stereocenters. The van der Waals surface area contributed by atoms with E-state index in [1.165, 1.54) is 19.2 Å². The van der Waals surface area contributed by atoms with Crippen LogP contribution in [-0.2, 0) is 14.3 Å². The van der Waals surface area contributed by atoms with Crippen molar-refractivity contribution in [3.63, 3.8) is 0 Å². The fourth-order valence-electron chi connectivity index (χ4n) is 1.24. The SMILES string of the molecule is COC(=O)c1ccc(NC(=O)CSCC(=O)O)cc1.